The lowest BCUT2D eigenvalue weighted by atomic mass is 10.2. The molecule has 4 aromatic heterocycles. The van der Waals surface area contributed by atoms with Crippen LogP contribution in [0.2, 0.25) is 5.28 Å². The summed E-state index contributed by atoms with van der Waals surface area (Å²) in [6.45, 7) is 4.98. The second kappa shape index (κ2) is 15.2. The van der Waals surface area contributed by atoms with Gasteiger partial charge in [0.15, 0.2) is 23.1 Å². The molecule has 0 amide bonds. The van der Waals surface area contributed by atoms with Gasteiger partial charge >= 0.3 is 0 Å². The second-order valence-corrected chi connectivity index (χ2v) is 13.0. The third-order valence-electron chi connectivity index (χ3n) is 6.19. The molecule has 44 heavy (non-hydrogen) atoms. The van der Waals surface area contributed by atoms with E-state index in [1.807, 2.05) is 6.92 Å². The molecule has 16 heteroatoms. The number of aromatic nitrogens is 7. The molecule has 0 bridgehead atoms. The highest BCUT2D eigenvalue weighted by Crippen LogP contribution is 2.31. The normalized spacial score (nSPS) is 14.5. The molecule has 0 spiro atoms. The smallest absolute Gasteiger partial charge is 0.269 e. The minimum atomic E-state index is -3.90. The summed E-state index contributed by atoms with van der Waals surface area (Å²) in [6, 6.07) is 6.53. The molecule has 1 unspecified atom stereocenters. The summed E-state index contributed by atoms with van der Waals surface area (Å²) in [5.74, 6) is -0.774. The summed E-state index contributed by atoms with van der Waals surface area (Å²) in [5.41, 5.74) is 1.55. The second-order valence-electron chi connectivity index (χ2n) is 9.29. The molecule has 6 rings (SSSR count). The number of aryl methyl sites for hydroxylation is 1. The van der Waals surface area contributed by atoms with Crippen LogP contribution in [0.25, 0.3) is 22.4 Å². The fourth-order valence-corrected chi connectivity index (χ4v) is 6.32. The van der Waals surface area contributed by atoms with E-state index in [9.17, 15) is 17.2 Å². The van der Waals surface area contributed by atoms with Gasteiger partial charge in [-0.3, -0.25) is 0 Å². The molecular formula is C28H28ClF2N7O3S3. The van der Waals surface area contributed by atoms with Gasteiger partial charge in [-0.25, -0.2) is 51.1 Å². The molecule has 1 fully saturated rings. The van der Waals surface area contributed by atoms with Crippen LogP contribution in [0, 0.1) is 18.6 Å². The fraction of sp³-hybridized carbons (Fsp3) is 0.286. The SMILES string of the molecule is CC1CCCO1.CSc1nc(-c2cn(S(=O)(=O)c3ccc(C)cc3)c3ncncc23)ncc1F.CSc1nc(Cl)ncc1F. The fourth-order valence-electron chi connectivity index (χ4n) is 3.96. The van der Waals surface area contributed by atoms with Crippen molar-refractivity contribution in [3.05, 3.63) is 77.9 Å². The van der Waals surface area contributed by atoms with Crippen molar-refractivity contribution in [2.75, 3.05) is 19.1 Å². The van der Waals surface area contributed by atoms with Gasteiger partial charge < -0.3 is 4.74 Å². The van der Waals surface area contributed by atoms with Crippen molar-refractivity contribution >= 4 is 56.2 Å². The zero-order valence-electron chi connectivity index (χ0n) is 24.1. The van der Waals surface area contributed by atoms with E-state index in [1.165, 1.54) is 55.5 Å². The first-order chi connectivity index (χ1) is 21.0. The van der Waals surface area contributed by atoms with Gasteiger partial charge in [-0.2, -0.15) is 0 Å². The molecule has 5 aromatic rings. The zero-order chi connectivity index (χ0) is 31.9. The van der Waals surface area contributed by atoms with Crippen molar-refractivity contribution in [3.8, 4) is 11.4 Å². The van der Waals surface area contributed by atoms with Crippen molar-refractivity contribution in [1.82, 2.24) is 33.9 Å². The molecule has 1 aliphatic rings. The van der Waals surface area contributed by atoms with Gasteiger partial charge in [-0.05, 0) is 62.9 Å². The maximum atomic E-state index is 13.8. The van der Waals surface area contributed by atoms with Gasteiger partial charge in [0.2, 0.25) is 5.28 Å². The number of rotatable bonds is 5. The van der Waals surface area contributed by atoms with E-state index in [-0.39, 0.29) is 31.7 Å². The zero-order valence-corrected chi connectivity index (χ0v) is 27.3. The lowest BCUT2D eigenvalue weighted by Gasteiger charge is -2.07. The molecule has 0 radical (unpaired) electrons. The van der Waals surface area contributed by atoms with Crippen LogP contribution in [0.1, 0.15) is 25.3 Å². The summed E-state index contributed by atoms with van der Waals surface area (Å²) in [4.78, 5) is 23.6. The van der Waals surface area contributed by atoms with Crippen molar-refractivity contribution in [2.45, 2.75) is 47.7 Å². The van der Waals surface area contributed by atoms with Crippen LogP contribution in [-0.2, 0) is 14.8 Å². The van der Waals surface area contributed by atoms with E-state index >= 15 is 0 Å². The van der Waals surface area contributed by atoms with Crippen LogP contribution in [0.4, 0.5) is 8.78 Å². The Morgan fingerprint density at radius 2 is 1.64 bits per heavy atom. The summed E-state index contributed by atoms with van der Waals surface area (Å²) in [7, 11) is -3.90. The number of benzene rings is 1. The van der Waals surface area contributed by atoms with E-state index in [1.54, 1.807) is 24.6 Å². The van der Waals surface area contributed by atoms with Crippen LogP contribution in [0.15, 0.2) is 70.3 Å². The number of thioether (sulfide) groups is 2. The minimum absolute atomic E-state index is 0.0748. The van der Waals surface area contributed by atoms with Crippen LogP contribution < -0.4 is 0 Å². The van der Waals surface area contributed by atoms with Gasteiger partial charge in [-0.15, -0.1) is 23.5 Å². The molecule has 1 saturated heterocycles. The first kappa shape index (κ1) is 33.6. The molecule has 0 saturated carbocycles. The van der Waals surface area contributed by atoms with Crippen molar-refractivity contribution < 1.29 is 21.9 Å². The van der Waals surface area contributed by atoms with Crippen LogP contribution in [-0.4, -0.2) is 67.5 Å². The van der Waals surface area contributed by atoms with Gasteiger partial charge in [-0.1, -0.05) is 17.7 Å². The number of ether oxygens (including phenoxy) is 1. The highest BCUT2D eigenvalue weighted by atomic mass is 35.5. The third-order valence-corrected chi connectivity index (χ3v) is 9.39. The number of fused-ring (bicyclic) bond motifs is 1. The molecule has 0 N–H and O–H groups in total. The molecule has 10 nitrogen and oxygen atoms in total. The molecule has 1 aliphatic heterocycles. The summed E-state index contributed by atoms with van der Waals surface area (Å²) in [6.07, 6.45) is 12.8. The van der Waals surface area contributed by atoms with Crippen LogP contribution in [0.5, 0.6) is 0 Å². The average molecular weight is 680 g/mol. The van der Waals surface area contributed by atoms with Gasteiger partial charge in [0.1, 0.15) is 16.4 Å². The van der Waals surface area contributed by atoms with Crippen molar-refractivity contribution in [1.29, 1.82) is 0 Å². The van der Waals surface area contributed by atoms with Crippen LogP contribution in [0.3, 0.4) is 0 Å². The van der Waals surface area contributed by atoms with Gasteiger partial charge in [0, 0.05) is 30.0 Å². The first-order valence-electron chi connectivity index (χ1n) is 13.1. The van der Waals surface area contributed by atoms with E-state index < -0.39 is 21.7 Å². The van der Waals surface area contributed by atoms with E-state index in [0.29, 0.717) is 17.1 Å². The Balaban J connectivity index is 0.000000225. The molecule has 0 aliphatic carbocycles. The van der Waals surface area contributed by atoms with Crippen LogP contribution >= 0.6 is 35.1 Å². The Kier molecular flexibility index (Phi) is 11.6. The lowest BCUT2D eigenvalue weighted by Crippen LogP contribution is -2.12. The van der Waals surface area contributed by atoms with Gasteiger partial charge in [0.05, 0.1) is 23.4 Å². The van der Waals surface area contributed by atoms with E-state index in [0.717, 1.165) is 40.3 Å². The first-order valence-corrected chi connectivity index (χ1v) is 17.4. The Labute approximate surface area is 267 Å². The maximum Gasteiger partial charge on any atom is 0.269 e. The summed E-state index contributed by atoms with van der Waals surface area (Å²) in [5, 5.41) is 0.978. The number of halogens is 3. The van der Waals surface area contributed by atoms with E-state index in [4.69, 9.17) is 16.3 Å². The molecule has 232 valence electrons. The van der Waals surface area contributed by atoms with Crippen molar-refractivity contribution in [3.63, 3.8) is 0 Å². The average Bonchev–Trinajstić information content (AvgIpc) is 3.67. The van der Waals surface area contributed by atoms with Crippen molar-refractivity contribution in [2.24, 2.45) is 0 Å². The molecule has 1 atom stereocenters. The Bertz CT molecular complexity index is 1840. The monoisotopic (exact) mass is 679 g/mol. The Morgan fingerprint density at radius 1 is 0.977 bits per heavy atom. The number of hydrogen-bond donors (Lipinski definition) is 0. The lowest BCUT2D eigenvalue weighted by molar-refractivity contribution is 0.125. The predicted molar refractivity (Wildman–Crippen MR) is 167 cm³/mol. The number of hydrogen-bond acceptors (Lipinski definition) is 11. The Hall–Kier alpha value is -3.24. The maximum absolute atomic E-state index is 13.8. The quantitative estimate of drug-likeness (QED) is 0.115. The van der Waals surface area contributed by atoms with Gasteiger partial charge in [0.25, 0.3) is 10.0 Å². The Morgan fingerprint density at radius 3 is 2.20 bits per heavy atom. The number of nitrogens with zero attached hydrogens (tertiary/aromatic N) is 7. The molecule has 5 heterocycles. The third kappa shape index (κ3) is 8.07. The molecular weight excluding hydrogens is 652 g/mol. The highest BCUT2D eigenvalue weighted by Gasteiger charge is 2.24. The molecule has 1 aromatic carbocycles. The highest BCUT2D eigenvalue weighted by molar-refractivity contribution is 7.98. The largest absolute Gasteiger partial charge is 0.379 e. The minimum Gasteiger partial charge on any atom is -0.379 e. The standard InChI is InChI=1S/C18H14FN5O2S2.C5H4ClFN2S.C5H10O/c1-11-3-5-12(6-4-11)28(25,26)24-9-14(13-7-20-10-22-17(13)24)16-21-8-15(19)18(23-16)27-2;1-10-4-3(7)2-8-5(6)9-4;1-5-3-2-4-6-5/h3-10H,1-2H3;2H,1H3;5H,2-4H2,1H3. The summed E-state index contributed by atoms with van der Waals surface area (Å²) >= 11 is 7.73. The topological polar surface area (TPSA) is 126 Å². The van der Waals surface area contributed by atoms with E-state index in [2.05, 4.69) is 36.8 Å². The summed E-state index contributed by atoms with van der Waals surface area (Å²) < 4.78 is 58.9. The predicted octanol–water partition coefficient (Wildman–Crippen LogP) is 6.47.